The molecule has 0 aliphatic heterocycles. The Kier molecular flexibility index (Phi) is 8.54. The zero-order valence-electron chi connectivity index (χ0n) is 15.3. The molecule has 0 radical (unpaired) electrons. The van der Waals surface area contributed by atoms with Gasteiger partial charge in [-0.15, -0.1) is 24.8 Å². The Morgan fingerprint density at radius 1 is 0.880 bits per heavy atom. The fraction of sp³-hybridized carbons (Fsp3) is 0.471. The standard InChI is InChI=1S/C14H21O2.C3H2N3.2ClH.Zr/c1-13(2,3)9-7-10(14(4,5)6)12(16)8-11(9)15;1-2-4-6-5-3-1;;;/h7,15-16H,1-6H3;1-2H;2*1H;. The van der Waals surface area contributed by atoms with Gasteiger partial charge in [-0.25, -0.2) is 0 Å². The molecule has 0 saturated heterocycles. The normalized spacial score (nSPS) is 11.3. The molecule has 0 saturated carbocycles. The van der Waals surface area contributed by atoms with Crippen molar-refractivity contribution < 1.29 is 33.4 Å². The van der Waals surface area contributed by atoms with Crippen molar-refractivity contribution >= 4 is 31.5 Å². The molecule has 1 aromatic heterocycles. The summed E-state index contributed by atoms with van der Waals surface area (Å²) in [7, 11) is 0. The molecule has 0 atom stereocenters. The minimum atomic E-state index is -1.49. The second kappa shape index (κ2) is 8.79. The molecule has 0 bridgehead atoms. The zero-order valence-corrected chi connectivity index (χ0v) is 19.4. The number of benzene rings is 1. The van der Waals surface area contributed by atoms with Gasteiger partial charge in [0.1, 0.15) is 0 Å². The van der Waals surface area contributed by atoms with Gasteiger partial charge in [0.2, 0.25) is 0 Å². The van der Waals surface area contributed by atoms with Crippen molar-refractivity contribution in [2.75, 3.05) is 0 Å². The Bertz CT molecular complexity index is 676. The van der Waals surface area contributed by atoms with Crippen LogP contribution >= 0.6 is 24.8 Å². The van der Waals surface area contributed by atoms with Crippen LogP contribution in [0.2, 0.25) is 0 Å². The van der Waals surface area contributed by atoms with Gasteiger partial charge < -0.3 is 0 Å². The number of rotatable bonds is 2. The minimum Gasteiger partial charge on any atom is -0.147 e. The van der Waals surface area contributed by atoms with Crippen molar-refractivity contribution in [3.63, 3.8) is 0 Å². The van der Waals surface area contributed by atoms with Crippen LogP contribution in [0.3, 0.4) is 0 Å². The van der Waals surface area contributed by atoms with E-state index in [2.05, 4.69) is 57.0 Å². The van der Waals surface area contributed by atoms with E-state index >= 15 is 0 Å². The van der Waals surface area contributed by atoms with E-state index in [1.165, 1.54) is 0 Å². The van der Waals surface area contributed by atoms with Crippen molar-refractivity contribution in [3.05, 3.63) is 29.5 Å². The molecule has 0 fully saturated rings. The maximum absolute atomic E-state index is 10.8. The third-order valence-corrected chi connectivity index (χ3v) is 6.71. The van der Waals surface area contributed by atoms with E-state index in [-0.39, 0.29) is 47.1 Å². The molecule has 0 amide bonds. The summed E-state index contributed by atoms with van der Waals surface area (Å²) in [5.41, 5.74) is 1.29. The summed E-state index contributed by atoms with van der Waals surface area (Å²) in [6, 6.07) is 3.74. The van der Waals surface area contributed by atoms with Crippen LogP contribution in [0, 0.1) is 0 Å². The molecule has 2 rings (SSSR count). The fourth-order valence-electron chi connectivity index (χ4n) is 2.36. The maximum Gasteiger partial charge on any atom is -0.147 e. The Morgan fingerprint density at radius 2 is 1.36 bits per heavy atom. The summed E-state index contributed by atoms with van der Waals surface area (Å²) in [5.74, 6) is 0.404. The molecule has 2 aromatic rings. The second-order valence-electron chi connectivity index (χ2n) is 7.67. The maximum atomic E-state index is 10.8. The predicted molar refractivity (Wildman–Crippen MR) is 101 cm³/mol. The quantitative estimate of drug-likeness (QED) is 0.713. The zero-order chi connectivity index (χ0) is 17.4. The largest absolute Gasteiger partial charge is 0.147 e. The predicted octanol–water partition coefficient (Wildman–Crippen LogP) is 2.75. The molecule has 1 heterocycles. The van der Waals surface area contributed by atoms with Crippen LogP contribution in [0.5, 0.6) is 11.5 Å². The van der Waals surface area contributed by atoms with E-state index in [4.69, 9.17) is 0 Å². The number of hydrogen-bond donors (Lipinski definition) is 2. The van der Waals surface area contributed by atoms with E-state index in [9.17, 15) is 10.2 Å². The van der Waals surface area contributed by atoms with Gasteiger partial charge in [0, 0.05) is 0 Å². The molecule has 0 spiro atoms. The molecule has 0 aliphatic rings. The first-order valence-corrected chi connectivity index (χ1v) is 9.99. The topological polar surface area (TPSA) is 79.1 Å². The average Bonchev–Trinajstić information content (AvgIpc) is 2.41. The van der Waals surface area contributed by atoms with E-state index in [1.807, 2.05) is 6.07 Å². The van der Waals surface area contributed by atoms with Gasteiger partial charge >= 0.3 is 149 Å². The average molecular weight is 466 g/mol. The van der Waals surface area contributed by atoms with Crippen molar-refractivity contribution in [3.8, 4) is 11.5 Å². The van der Waals surface area contributed by atoms with Crippen molar-refractivity contribution in [1.29, 1.82) is 0 Å². The van der Waals surface area contributed by atoms with Gasteiger partial charge in [0.05, 0.1) is 0 Å². The summed E-state index contributed by atoms with van der Waals surface area (Å²) in [4.78, 5) is 0. The monoisotopic (exact) mass is 463 g/mol. The Balaban J connectivity index is 0.00000288. The van der Waals surface area contributed by atoms with Crippen LogP contribution in [0.4, 0.5) is 0 Å². The Labute approximate surface area is 173 Å². The third kappa shape index (κ3) is 5.63. The number of halogens is 2. The molecule has 138 valence electrons. The van der Waals surface area contributed by atoms with E-state index < -0.39 is 23.2 Å². The Hall–Kier alpha value is -0.707. The van der Waals surface area contributed by atoms with Crippen molar-refractivity contribution in [2.45, 2.75) is 52.4 Å². The van der Waals surface area contributed by atoms with E-state index in [0.717, 1.165) is 14.5 Å². The molecule has 25 heavy (non-hydrogen) atoms. The Morgan fingerprint density at radius 3 is 1.72 bits per heavy atom. The number of aromatic hydroxyl groups is 2. The summed E-state index contributed by atoms with van der Waals surface area (Å²) in [5, 5.41) is 32.9. The van der Waals surface area contributed by atoms with Gasteiger partial charge in [0.15, 0.2) is 0 Å². The minimum absolute atomic E-state index is 0. The van der Waals surface area contributed by atoms with E-state index in [0.29, 0.717) is 3.27 Å². The van der Waals surface area contributed by atoms with Gasteiger partial charge in [-0.05, 0) is 0 Å². The van der Waals surface area contributed by atoms with Crippen LogP contribution < -0.4 is 6.67 Å². The fourth-order valence-corrected chi connectivity index (χ4v) is 4.85. The smallest absolute Gasteiger partial charge is 0.147 e. The SMILES string of the molecule is CC(C)(C)c1cc(C(C)(C)C)c(O)[c]([Zr][c]2ccnnn2)c1O.Cl.Cl. The second-order valence-corrected chi connectivity index (χ2v) is 10.8. The number of hydrogen-bond acceptors (Lipinski definition) is 5. The van der Waals surface area contributed by atoms with Crippen LogP contribution in [0.15, 0.2) is 18.3 Å². The number of nitrogens with zero attached hydrogens (tertiary/aromatic N) is 3. The molecule has 2 N–H and O–H groups in total. The van der Waals surface area contributed by atoms with E-state index in [1.54, 1.807) is 12.3 Å². The molecular weight excluding hydrogens is 440 g/mol. The molecule has 8 heteroatoms. The number of aromatic nitrogens is 3. The first-order valence-electron chi connectivity index (χ1n) is 7.53. The summed E-state index contributed by atoms with van der Waals surface area (Å²) in [6.45, 7) is 12.4. The molecule has 0 aliphatic carbocycles. The van der Waals surface area contributed by atoms with Crippen molar-refractivity contribution in [1.82, 2.24) is 15.4 Å². The third-order valence-electron chi connectivity index (χ3n) is 3.64. The molecular formula is C17H25Cl2N3O2Zr. The molecule has 0 unspecified atom stereocenters. The van der Waals surface area contributed by atoms with Gasteiger partial charge in [0.25, 0.3) is 0 Å². The summed E-state index contributed by atoms with van der Waals surface area (Å²) >= 11 is -1.49. The van der Waals surface area contributed by atoms with Crippen LogP contribution in [0.1, 0.15) is 52.7 Å². The van der Waals surface area contributed by atoms with Crippen LogP contribution in [-0.2, 0) is 34.1 Å². The van der Waals surface area contributed by atoms with Crippen LogP contribution in [0.25, 0.3) is 0 Å². The first-order chi connectivity index (χ1) is 10.5. The van der Waals surface area contributed by atoms with Gasteiger partial charge in [-0.2, -0.15) is 0 Å². The first kappa shape index (κ1) is 24.3. The number of phenols is 2. The molecule has 5 nitrogen and oxygen atoms in total. The summed E-state index contributed by atoms with van der Waals surface area (Å²) < 4.78 is 1.48. The summed E-state index contributed by atoms with van der Waals surface area (Å²) in [6.07, 6.45) is 1.59. The number of phenolic OH excluding ortho intramolecular Hbond substituents is 2. The van der Waals surface area contributed by atoms with Crippen LogP contribution in [-0.4, -0.2) is 25.6 Å². The molecule has 1 aromatic carbocycles. The van der Waals surface area contributed by atoms with Crippen molar-refractivity contribution in [2.24, 2.45) is 0 Å². The van der Waals surface area contributed by atoms with Gasteiger partial charge in [-0.3, -0.25) is 0 Å². The van der Waals surface area contributed by atoms with Gasteiger partial charge in [-0.1, -0.05) is 0 Å².